The van der Waals surface area contributed by atoms with Crippen LogP contribution in [0.4, 0.5) is 0 Å². The van der Waals surface area contributed by atoms with Gasteiger partial charge in [0.1, 0.15) is 5.76 Å². The van der Waals surface area contributed by atoms with Gasteiger partial charge in [0.25, 0.3) is 0 Å². The van der Waals surface area contributed by atoms with Crippen molar-refractivity contribution in [2.45, 2.75) is 65.5 Å². The molecule has 0 aromatic carbocycles. The second-order valence-corrected chi connectivity index (χ2v) is 8.30. The number of oxazole rings is 1. The van der Waals surface area contributed by atoms with E-state index in [1.165, 1.54) is 31.4 Å². The standard InChI is InChI=1S/C22H32N4O2/c1-6-11-25(12-17-7-8-17)13-19-15(3)24-26-21(16(4)28-22(19)26)18-9-10-20(27-5)23-14(18)2/h9-10,14,17-18H,6-8,11-13H2,1-5H3. The van der Waals surface area contributed by atoms with Gasteiger partial charge in [0.05, 0.1) is 30.1 Å². The lowest BCUT2D eigenvalue weighted by atomic mass is 9.94. The van der Waals surface area contributed by atoms with Gasteiger partial charge in [-0.1, -0.05) is 13.0 Å². The first-order valence-electron chi connectivity index (χ1n) is 10.5. The highest BCUT2D eigenvalue weighted by atomic mass is 16.5. The number of dihydropyridines is 1. The average Bonchev–Trinajstić information content (AvgIpc) is 3.36. The first-order chi connectivity index (χ1) is 13.5. The Hall–Kier alpha value is -2.08. The SMILES string of the molecule is CCCN(Cc1c(C)nn2c(C3C=CC(OC)=NC3C)c(C)oc12)CC1CC1. The van der Waals surface area contributed by atoms with E-state index in [2.05, 4.69) is 36.7 Å². The molecule has 6 nitrogen and oxygen atoms in total. The van der Waals surface area contributed by atoms with E-state index in [0.29, 0.717) is 5.90 Å². The highest BCUT2D eigenvalue weighted by Crippen LogP contribution is 2.34. The van der Waals surface area contributed by atoms with E-state index in [1.54, 1.807) is 7.11 Å². The number of aromatic nitrogens is 2. The molecule has 6 heteroatoms. The summed E-state index contributed by atoms with van der Waals surface area (Å²) in [5.41, 5.74) is 4.27. The molecule has 2 unspecified atom stereocenters. The van der Waals surface area contributed by atoms with Crippen LogP contribution in [0.25, 0.3) is 5.71 Å². The second kappa shape index (κ2) is 7.74. The van der Waals surface area contributed by atoms with Crippen LogP contribution < -0.4 is 0 Å². The zero-order valence-electron chi connectivity index (χ0n) is 17.7. The molecular weight excluding hydrogens is 352 g/mol. The smallest absolute Gasteiger partial charge is 0.226 e. The van der Waals surface area contributed by atoms with E-state index in [0.717, 1.165) is 41.9 Å². The van der Waals surface area contributed by atoms with Crippen molar-refractivity contribution in [3.63, 3.8) is 0 Å². The summed E-state index contributed by atoms with van der Waals surface area (Å²) in [6.45, 7) is 11.7. The van der Waals surface area contributed by atoms with Crippen molar-refractivity contribution >= 4 is 11.6 Å². The first-order valence-corrected chi connectivity index (χ1v) is 10.5. The quantitative estimate of drug-likeness (QED) is 0.716. The highest BCUT2D eigenvalue weighted by molar-refractivity contribution is 5.88. The lowest BCUT2D eigenvalue weighted by molar-refractivity contribution is 0.254. The Labute approximate surface area is 167 Å². The topological polar surface area (TPSA) is 55.3 Å². The number of aliphatic imine (C=N–C) groups is 1. The fourth-order valence-corrected chi connectivity index (χ4v) is 4.26. The van der Waals surface area contributed by atoms with E-state index >= 15 is 0 Å². The Balaban J connectivity index is 1.66. The number of rotatable bonds is 7. The zero-order chi connectivity index (χ0) is 19.8. The summed E-state index contributed by atoms with van der Waals surface area (Å²) >= 11 is 0. The van der Waals surface area contributed by atoms with E-state index in [4.69, 9.17) is 14.3 Å². The van der Waals surface area contributed by atoms with Gasteiger partial charge in [-0.05, 0) is 58.6 Å². The number of fused-ring (bicyclic) bond motifs is 1. The molecule has 0 amide bonds. The molecule has 1 aliphatic carbocycles. The number of methoxy groups -OCH3 is 1. The summed E-state index contributed by atoms with van der Waals surface area (Å²) in [4.78, 5) is 7.21. The summed E-state index contributed by atoms with van der Waals surface area (Å²) < 4.78 is 13.6. The average molecular weight is 385 g/mol. The molecule has 0 saturated heterocycles. The number of hydrogen-bond acceptors (Lipinski definition) is 5. The minimum absolute atomic E-state index is 0.0823. The van der Waals surface area contributed by atoms with E-state index in [9.17, 15) is 0 Å². The van der Waals surface area contributed by atoms with Crippen molar-refractivity contribution < 1.29 is 9.15 Å². The Morgan fingerprint density at radius 3 is 2.75 bits per heavy atom. The normalized spacial score (nSPS) is 22.3. The fraction of sp³-hybridized carbons (Fsp3) is 0.636. The van der Waals surface area contributed by atoms with Gasteiger partial charge in [-0.2, -0.15) is 5.10 Å². The van der Waals surface area contributed by atoms with Crippen LogP contribution in [0.5, 0.6) is 0 Å². The van der Waals surface area contributed by atoms with Gasteiger partial charge in [-0.25, -0.2) is 9.51 Å². The molecule has 1 saturated carbocycles. The lowest BCUT2D eigenvalue weighted by Crippen LogP contribution is -2.26. The van der Waals surface area contributed by atoms with Gasteiger partial charge in [-0.3, -0.25) is 4.90 Å². The van der Waals surface area contributed by atoms with Crippen molar-refractivity contribution in [2.24, 2.45) is 10.9 Å². The molecule has 2 aromatic heterocycles. The maximum absolute atomic E-state index is 6.27. The summed E-state index contributed by atoms with van der Waals surface area (Å²) in [7, 11) is 1.66. The molecular formula is C22H32N4O2. The summed E-state index contributed by atoms with van der Waals surface area (Å²) in [6.07, 6.45) is 8.02. The Bertz CT molecular complexity index is 903. The number of nitrogens with zero attached hydrogens (tertiary/aromatic N) is 4. The largest absolute Gasteiger partial charge is 0.481 e. The van der Waals surface area contributed by atoms with Crippen LogP contribution in [-0.4, -0.2) is 46.7 Å². The second-order valence-electron chi connectivity index (χ2n) is 8.30. The van der Waals surface area contributed by atoms with Crippen molar-refractivity contribution in [3.05, 3.63) is 34.9 Å². The molecule has 3 heterocycles. The first kappa shape index (κ1) is 19.2. The van der Waals surface area contributed by atoms with Gasteiger partial charge in [-0.15, -0.1) is 0 Å². The van der Waals surface area contributed by atoms with Crippen LogP contribution in [0.2, 0.25) is 0 Å². The lowest BCUT2D eigenvalue weighted by Gasteiger charge is -2.21. The molecule has 2 atom stereocenters. The monoisotopic (exact) mass is 384 g/mol. The van der Waals surface area contributed by atoms with Crippen LogP contribution in [-0.2, 0) is 11.3 Å². The molecule has 152 valence electrons. The fourth-order valence-electron chi connectivity index (χ4n) is 4.26. The van der Waals surface area contributed by atoms with Gasteiger partial charge < -0.3 is 9.15 Å². The molecule has 0 bridgehead atoms. The van der Waals surface area contributed by atoms with Crippen LogP contribution in [0.1, 0.15) is 61.7 Å². The van der Waals surface area contributed by atoms with Crippen molar-refractivity contribution in [2.75, 3.05) is 20.2 Å². The van der Waals surface area contributed by atoms with E-state index in [1.807, 2.05) is 17.5 Å². The molecule has 0 radical (unpaired) electrons. The number of aryl methyl sites for hydroxylation is 2. The van der Waals surface area contributed by atoms with E-state index < -0.39 is 0 Å². The van der Waals surface area contributed by atoms with Crippen LogP contribution >= 0.6 is 0 Å². The molecule has 1 aliphatic heterocycles. The Morgan fingerprint density at radius 2 is 2.11 bits per heavy atom. The Kier molecular flexibility index (Phi) is 5.32. The summed E-state index contributed by atoms with van der Waals surface area (Å²) in [6, 6.07) is 0.0823. The minimum atomic E-state index is 0.0823. The Morgan fingerprint density at radius 1 is 1.32 bits per heavy atom. The maximum Gasteiger partial charge on any atom is 0.226 e. The molecule has 1 fully saturated rings. The van der Waals surface area contributed by atoms with Crippen LogP contribution in [0, 0.1) is 19.8 Å². The molecule has 0 N–H and O–H groups in total. The van der Waals surface area contributed by atoms with Crippen LogP contribution in [0.3, 0.4) is 0 Å². The third-order valence-corrected chi connectivity index (χ3v) is 5.93. The van der Waals surface area contributed by atoms with E-state index in [-0.39, 0.29) is 12.0 Å². The molecule has 28 heavy (non-hydrogen) atoms. The van der Waals surface area contributed by atoms with Crippen molar-refractivity contribution in [3.8, 4) is 0 Å². The maximum atomic E-state index is 6.27. The summed E-state index contributed by atoms with van der Waals surface area (Å²) in [5.74, 6) is 2.61. The predicted octanol–water partition coefficient (Wildman–Crippen LogP) is 4.25. The van der Waals surface area contributed by atoms with Gasteiger partial charge in [0.15, 0.2) is 0 Å². The molecule has 0 spiro atoms. The third-order valence-electron chi connectivity index (χ3n) is 5.93. The predicted molar refractivity (Wildman–Crippen MR) is 111 cm³/mol. The van der Waals surface area contributed by atoms with Gasteiger partial charge in [0, 0.05) is 19.0 Å². The number of ether oxygens (including phenoxy) is 1. The van der Waals surface area contributed by atoms with Gasteiger partial charge >= 0.3 is 0 Å². The molecule has 4 rings (SSSR count). The highest BCUT2D eigenvalue weighted by Gasteiger charge is 2.30. The minimum Gasteiger partial charge on any atom is -0.481 e. The zero-order valence-corrected chi connectivity index (χ0v) is 17.7. The summed E-state index contributed by atoms with van der Waals surface area (Å²) in [5, 5.41) is 4.87. The van der Waals surface area contributed by atoms with Crippen molar-refractivity contribution in [1.29, 1.82) is 0 Å². The van der Waals surface area contributed by atoms with Crippen LogP contribution in [0.15, 0.2) is 21.6 Å². The molecule has 2 aliphatic rings. The molecule has 2 aromatic rings. The third kappa shape index (κ3) is 3.62. The van der Waals surface area contributed by atoms with Gasteiger partial charge in [0.2, 0.25) is 11.6 Å². The number of hydrogen-bond donors (Lipinski definition) is 0. The van der Waals surface area contributed by atoms with Crippen molar-refractivity contribution in [1.82, 2.24) is 14.5 Å².